The van der Waals surface area contributed by atoms with Crippen molar-refractivity contribution < 1.29 is 8.83 Å². The van der Waals surface area contributed by atoms with Crippen LogP contribution in [0.2, 0.25) is 0 Å². The Morgan fingerprint density at radius 3 is 1.98 bits per heavy atom. The number of nitrogens with zero attached hydrogens (tertiary/aromatic N) is 2. The summed E-state index contributed by atoms with van der Waals surface area (Å²) in [6.45, 7) is 6.89. The fourth-order valence-electron chi connectivity index (χ4n) is 8.24. The molecule has 0 aliphatic carbocycles. The molecule has 43 heavy (non-hydrogen) atoms. The zero-order chi connectivity index (χ0) is 28.4. The molecule has 4 aromatic heterocycles. The first-order valence-corrected chi connectivity index (χ1v) is 15.1. The van der Waals surface area contributed by atoms with E-state index in [1.165, 1.54) is 71.3 Å². The van der Waals surface area contributed by atoms with Crippen LogP contribution in [0.4, 0.5) is 0 Å². The van der Waals surface area contributed by atoms with Gasteiger partial charge in [-0.15, -0.1) is 0 Å². The Balaban J connectivity index is 1.42. The van der Waals surface area contributed by atoms with E-state index in [0.29, 0.717) is 0 Å². The van der Waals surface area contributed by atoms with Crippen molar-refractivity contribution >= 4 is 83.7 Å². The molecule has 5 aromatic carbocycles. The lowest BCUT2D eigenvalue weighted by molar-refractivity contribution is 0.589. The van der Waals surface area contributed by atoms with Gasteiger partial charge in [0, 0.05) is 38.3 Å². The van der Waals surface area contributed by atoms with Gasteiger partial charge in [-0.2, -0.15) is 0 Å². The minimum atomic E-state index is -0.0333. The third-order valence-electron chi connectivity index (χ3n) is 10.1. The maximum atomic E-state index is 6.76. The normalized spacial score (nSPS) is 13.9. The van der Waals surface area contributed by atoms with Gasteiger partial charge in [0.15, 0.2) is 5.71 Å². The van der Waals surface area contributed by atoms with Crippen molar-refractivity contribution in [3.63, 3.8) is 0 Å². The van der Waals surface area contributed by atoms with Crippen LogP contribution in [0.3, 0.4) is 0 Å². The van der Waals surface area contributed by atoms with Gasteiger partial charge in [0.25, 0.3) is 0 Å². The Bertz CT molecular complexity index is 2730. The van der Waals surface area contributed by atoms with E-state index in [-0.39, 0.29) is 12.3 Å². The second-order valence-corrected chi connectivity index (χ2v) is 13.3. The van der Waals surface area contributed by atoms with Crippen LogP contribution in [0.15, 0.2) is 106 Å². The van der Waals surface area contributed by atoms with Crippen molar-refractivity contribution in [3.05, 3.63) is 103 Å². The summed E-state index contributed by atoms with van der Waals surface area (Å²) in [5, 5.41) is 7.19. The number of rotatable bonds is 0. The van der Waals surface area contributed by atoms with E-state index in [2.05, 4.69) is 127 Å². The molecule has 2 aliphatic rings. The van der Waals surface area contributed by atoms with Gasteiger partial charge < -0.3 is 13.3 Å². The minimum Gasteiger partial charge on any atom is -0.441 e. The molecular formula is C38H25BN2O2. The first-order valence-electron chi connectivity index (χ1n) is 15.1. The molecule has 0 atom stereocenters. The van der Waals surface area contributed by atoms with Crippen molar-refractivity contribution in [1.29, 1.82) is 0 Å². The van der Waals surface area contributed by atoms with E-state index >= 15 is 0 Å². The number of hydrogen-bond acceptors (Lipinski definition) is 2. The molecule has 0 fully saturated rings. The van der Waals surface area contributed by atoms with Crippen molar-refractivity contribution in [2.45, 2.75) is 26.2 Å². The lowest BCUT2D eigenvalue weighted by Crippen LogP contribution is -2.55. The van der Waals surface area contributed by atoms with Gasteiger partial charge in [-0.3, -0.25) is 4.57 Å². The molecule has 0 radical (unpaired) electrons. The van der Waals surface area contributed by atoms with Crippen LogP contribution >= 0.6 is 0 Å². The fraction of sp³-hybridized carbons (Fsp3) is 0.105. The minimum absolute atomic E-state index is 0.0315. The quantitative estimate of drug-likeness (QED) is 0.177. The standard InChI is InChI=1S/C38H25BN2O2/c1-38(2,3)20-18-26-21-12-8-13-24-32-23-11-5-7-17-30(23)43-37(32)41(34(21)24)39-27-15-9-14-25-31-22-10-4-6-16-29(22)42-36(31)40(35(25)27)28(19-20)33(26)39/h4-19H,1-3H3. The summed E-state index contributed by atoms with van der Waals surface area (Å²) >= 11 is 0. The number of aromatic nitrogens is 2. The molecule has 0 saturated carbocycles. The van der Waals surface area contributed by atoms with Gasteiger partial charge in [0.05, 0.1) is 16.3 Å². The second kappa shape index (κ2) is 7.07. The summed E-state index contributed by atoms with van der Waals surface area (Å²) in [5.74, 6) is 0. The molecule has 9 aromatic rings. The van der Waals surface area contributed by atoms with Crippen LogP contribution in [-0.4, -0.2) is 15.9 Å². The second-order valence-electron chi connectivity index (χ2n) is 13.3. The number of fused-ring (bicyclic) bond motifs is 14. The summed E-state index contributed by atoms with van der Waals surface area (Å²) in [7, 11) is 0. The van der Waals surface area contributed by atoms with Crippen LogP contribution in [0, 0.1) is 0 Å². The van der Waals surface area contributed by atoms with E-state index in [1.807, 2.05) is 0 Å². The highest BCUT2D eigenvalue weighted by Crippen LogP contribution is 2.47. The predicted octanol–water partition coefficient (Wildman–Crippen LogP) is 8.63. The van der Waals surface area contributed by atoms with Crippen LogP contribution < -0.4 is 10.9 Å². The smallest absolute Gasteiger partial charge is 0.336 e. The lowest BCUT2D eigenvalue weighted by Gasteiger charge is -2.35. The third kappa shape index (κ3) is 2.46. The Labute approximate surface area is 246 Å². The molecular weight excluding hydrogens is 527 g/mol. The van der Waals surface area contributed by atoms with E-state index in [9.17, 15) is 0 Å². The van der Waals surface area contributed by atoms with Crippen molar-refractivity contribution in [1.82, 2.24) is 9.05 Å². The van der Waals surface area contributed by atoms with Crippen molar-refractivity contribution in [2.24, 2.45) is 0 Å². The zero-order valence-corrected chi connectivity index (χ0v) is 24.0. The van der Waals surface area contributed by atoms with E-state index in [0.717, 1.165) is 28.0 Å². The molecule has 202 valence electrons. The molecule has 6 heterocycles. The summed E-state index contributed by atoms with van der Waals surface area (Å²) in [5.41, 5.74) is 13.8. The Morgan fingerprint density at radius 2 is 1.23 bits per heavy atom. The zero-order valence-electron chi connectivity index (χ0n) is 24.0. The molecule has 0 N–H and O–H groups in total. The maximum Gasteiger partial charge on any atom is 0.336 e. The third-order valence-corrected chi connectivity index (χ3v) is 10.1. The average molecular weight is 552 g/mol. The highest BCUT2D eigenvalue weighted by atomic mass is 16.3. The molecule has 0 spiro atoms. The summed E-state index contributed by atoms with van der Waals surface area (Å²) in [6.07, 6.45) is 0. The molecule has 0 saturated heterocycles. The topological polar surface area (TPSA) is 36.1 Å². The molecule has 0 amide bonds. The largest absolute Gasteiger partial charge is 0.441 e. The van der Waals surface area contributed by atoms with E-state index < -0.39 is 0 Å². The predicted molar refractivity (Wildman–Crippen MR) is 178 cm³/mol. The lowest BCUT2D eigenvalue weighted by atomic mass is 9.45. The Morgan fingerprint density at radius 1 is 0.605 bits per heavy atom. The highest BCUT2D eigenvalue weighted by Gasteiger charge is 2.43. The molecule has 4 nitrogen and oxygen atoms in total. The summed E-state index contributed by atoms with van der Waals surface area (Å²) in [4.78, 5) is 0. The van der Waals surface area contributed by atoms with Gasteiger partial charge in [0.1, 0.15) is 11.2 Å². The number of benzene rings is 5. The molecule has 5 heteroatoms. The van der Waals surface area contributed by atoms with Crippen molar-refractivity contribution in [2.75, 3.05) is 0 Å². The molecule has 0 bridgehead atoms. The fourth-order valence-corrected chi connectivity index (χ4v) is 8.24. The maximum absolute atomic E-state index is 6.76. The first-order chi connectivity index (χ1) is 21.0. The van der Waals surface area contributed by atoms with Crippen LogP contribution in [0.1, 0.15) is 26.3 Å². The van der Waals surface area contributed by atoms with Gasteiger partial charge >= 0.3 is 6.85 Å². The SMILES string of the molecule is CC(C)(C)c1cc2c3c(c1)-n1c4oc5ccccc5c4c4cccc(c41)B3n1c3oc4ccccc4c3c3cccc-2c31. The monoisotopic (exact) mass is 552 g/mol. The van der Waals surface area contributed by atoms with E-state index in [4.69, 9.17) is 8.83 Å². The first kappa shape index (κ1) is 22.4. The number of para-hydroxylation sites is 4. The van der Waals surface area contributed by atoms with Crippen LogP contribution in [0.25, 0.3) is 82.8 Å². The molecule has 0 unspecified atom stereocenters. The van der Waals surface area contributed by atoms with Crippen LogP contribution in [-0.2, 0) is 5.41 Å². The van der Waals surface area contributed by atoms with Gasteiger partial charge in [-0.05, 0) is 45.7 Å². The van der Waals surface area contributed by atoms with Gasteiger partial charge in [0.2, 0.25) is 5.71 Å². The molecule has 2 aliphatic heterocycles. The van der Waals surface area contributed by atoms with Crippen molar-refractivity contribution in [3.8, 4) is 16.8 Å². The number of furan rings is 2. The van der Waals surface area contributed by atoms with Crippen LogP contribution in [0.5, 0.6) is 0 Å². The average Bonchev–Trinajstić information content (AvgIpc) is 3.74. The molecule has 11 rings (SSSR count). The van der Waals surface area contributed by atoms with Gasteiger partial charge in [-0.1, -0.05) is 99.6 Å². The highest BCUT2D eigenvalue weighted by molar-refractivity contribution is 6.90. The summed E-state index contributed by atoms with van der Waals surface area (Å²) < 4.78 is 18.4. The Hall–Kier alpha value is -5.16. The van der Waals surface area contributed by atoms with E-state index in [1.54, 1.807) is 0 Å². The van der Waals surface area contributed by atoms with Gasteiger partial charge in [-0.25, -0.2) is 0 Å². The summed E-state index contributed by atoms with van der Waals surface area (Å²) in [6, 6.07) is 35.3. The number of hydrogen-bond donors (Lipinski definition) is 0. The Kier molecular flexibility index (Phi) is 3.69.